The highest BCUT2D eigenvalue weighted by Gasteiger charge is 2.35. The minimum Gasteiger partial charge on any atom is -0.398 e. The molecule has 2 heterocycles. The van der Waals surface area contributed by atoms with Crippen molar-refractivity contribution in [2.45, 2.75) is 38.1 Å². The molecule has 0 saturated carbocycles. The van der Waals surface area contributed by atoms with Gasteiger partial charge < -0.3 is 11.1 Å². The highest BCUT2D eigenvalue weighted by Crippen LogP contribution is 2.37. The Morgan fingerprint density at radius 2 is 2.47 bits per heavy atom. The summed E-state index contributed by atoms with van der Waals surface area (Å²) in [4.78, 5) is 4.20. The fourth-order valence-corrected chi connectivity index (χ4v) is 2.62. The smallest absolute Gasteiger partial charge is 0.0470 e. The van der Waals surface area contributed by atoms with Crippen LogP contribution in [0.4, 0.5) is 5.69 Å². The van der Waals surface area contributed by atoms with Crippen LogP contribution in [0, 0.1) is 0 Å². The summed E-state index contributed by atoms with van der Waals surface area (Å²) in [5, 5.41) is 3.61. The molecule has 2 rings (SSSR count). The second kappa shape index (κ2) is 4.19. The average molecular weight is 205 g/mol. The van der Waals surface area contributed by atoms with E-state index in [1.165, 1.54) is 24.8 Å². The number of nitrogen functional groups attached to an aromatic ring is 1. The van der Waals surface area contributed by atoms with E-state index in [4.69, 9.17) is 5.73 Å². The first-order chi connectivity index (χ1) is 7.28. The molecule has 3 nitrogen and oxygen atoms in total. The van der Waals surface area contributed by atoms with Gasteiger partial charge in [0.15, 0.2) is 0 Å². The Labute approximate surface area is 91.1 Å². The Morgan fingerprint density at radius 1 is 1.60 bits per heavy atom. The summed E-state index contributed by atoms with van der Waals surface area (Å²) >= 11 is 0. The Bertz CT molecular complexity index is 329. The molecule has 1 aliphatic heterocycles. The third kappa shape index (κ3) is 1.84. The molecule has 0 aromatic carbocycles. The number of anilines is 1. The molecule has 15 heavy (non-hydrogen) atoms. The maximum absolute atomic E-state index is 6.04. The molecule has 0 spiro atoms. The summed E-state index contributed by atoms with van der Waals surface area (Å²) in [5.74, 6) is 0. The van der Waals surface area contributed by atoms with Crippen molar-refractivity contribution in [3.8, 4) is 0 Å². The van der Waals surface area contributed by atoms with Gasteiger partial charge in [0.2, 0.25) is 0 Å². The van der Waals surface area contributed by atoms with Crippen LogP contribution in [0.3, 0.4) is 0 Å². The molecule has 3 N–H and O–H groups in total. The van der Waals surface area contributed by atoms with Gasteiger partial charge in [0.05, 0.1) is 0 Å². The number of nitrogens with zero attached hydrogens (tertiary/aromatic N) is 1. The quantitative estimate of drug-likeness (QED) is 0.794. The van der Waals surface area contributed by atoms with Crippen LogP contribution in [-0.4, -0.2) is 11.5 Å². The molecule has 0 bridgehead atoms. The molecule has 82 valence electrons. The highest BCUT2D eigenvalue weighted by molar-refractivity contribution is 5.49. The van der Waals surface area contributed by atoms with Crippen LogP contribution >= 0.6 is 0 Å². The van der Waals surface area contributed by atoms with Crippen molar-refractivity contribution in [2.75, 3.05) is 12.3 Å². The topological polar surface area (TPSA) is 50.9 Å². The highest BCUT2D eigenvalue weighted by atomic mass is 15.0. The maximum atomic E-state index is 6.04. The second-order valence-electron chi connectivity index (χ2n) is 4.33. The lowest BCUT2D eigenvalue weighted by atomic mass is 9.84. The number of pyridine rings is 1. The summed E-state index contributed by atoms with van der Waals surface area (Å²) in [5.41, 5.74) is 8.18. The molecule has 1 saturated heterocycles. The molecule has 0 radical (unpaired) electrons. The lowest BCUT2D eigenvalue weighted by molar-refractivity contribution is 0.356. The maximum Gasteiger partial charge on any atom is 0.0470 e. The molecule has 3 heteroatoms. The van der Waals surface area contributed by atoms with Crippen LogP contribution in [0.5, 0.6) is 0 Å². The normalized spacial score (nSPS) is 25.7. The van der Waals surface area contributed by atoms with E-state index in [1.54, 1.807) is 6.20 Å². The molecule has 1 atom stereocenters. The number of rotatable bonds is 3. The van der Waals surface area contributed by atoms with Crippen LogP contribution in [0.25, 0.3) is 0 Å². The summed E-state index contributed by atoms with van der Waals surface area (Å²) in [6.45, 7) is 3.31. The van der Waals surface area contributed by atoms with E-state index >= 15 is 0 Å². The van der Waals surface area contributed by atoms with Crippen LogP contribution in [0.2, 0.25) is 0 Å². The largest absolute Gasteiger partial charge is 0.398 e. The van der Waals surface area contributed by atoms with E-state index < -0.39 is 0 Å². The van der Waals surface area contributed by atoms with E-state index in [-0.39, 0.29) is 5.54 Å². The van der Waals surface area contributed by atoms with Crippen LogP contribution in [0.15, 0.2) is 18.5 Å². The molecule has 1 fully saturated rings. The fraction of sp³-hybridized carbons (Fsp3) is 0.583. The van der Waals surface area contributed by atoms with Gasteiger partial charge >= 0.3 is 0 Å². The SMILES string of the molecule is CCCC1(c2cnccc2N)CCCN1. The molecule has 1 aromatic rings. The number of aromatic nitrogens is 1. The standard InChI is InChI=1S/C12H19N3/c1-2-5-12(6-3-7-15-12)10-9-14-8-4-11(10)13/h4,8-9,15H,2-3,5-7H2,1H3,(H2,13,14). The van der Waals surface area contributed by atoms with Gasteiger partial charge in [-0.1, -0.05) is 13.3 Å². The first-order valence-corrected chi connectivity index (χ1v) is 5.73. The molecule has 1 aliphatic rings. The first kappa shape index (κ1) is 10.4. The van der Waals surface area contributed by atoms with Crippen molar-refractivity contribution in [3.05, 3.63) is 24.0 Å². The zero-order chi connectivity index (χ0) is 10.7. The van der Waals surface area contributed by atoms with Crippen LogP contribution in [0.1, 0.15) is 38.2 Å². The van der Waals surface area contributed by atoms with Crippen molar-refractivity contribution in [1.29, 1.82) is 0 Å². The van der Waals surface area contributed by atoms with Crippen LogP contribution < -0.4 is 11.1 Å². The predicted molar refractivity (Wildman–Crippen MR) is 62.5 cm³/mol. The van der Waals surface area contributed by atoms with E-state index in [1.807, 2.05) is 12.3 Å². The van der Waals surface area contributed by atoms with Gasteiger partial charge in [-0.2, -0.15) is 0 Å². The van der Waals surface area contributed by atoms with Gasteiger partial charge in [0, 0.05) is 29.2 Å². The summed E-state index contributed by atoms with van der Waals surface area (Å²) in [6.07, 6.45) is 8.39. The first-order valence-electron chi connectivity index (χ1n) is 5.73. The van der Waals surface area contributed by atoms with Crippen LogP contribution in [-0.2, 0) is 5.54 Å². The molecular weight excluding hydrogens is 186 g/mol. The molecule has 1 unspecified atom stereocenters. The van der Waals surface area contributed by atoms with Gasteiger partial charge in [-0.3, -0.25) is 4.98 Å². The zero-order valence-corrected chi connectivity index (χ0v) is 9.29. The summed E-state index contributed by atoms with van der Waals surface area (Å²) in [7, 11) is 0. The third-order valence-corrected chi connectivity index (χ3v) is 3.29. The lowest BCUT2D eigenvalue weighted by Gasteiger charge is -2.30. The summed E-state index contributed by atoms with van der Waals surface area (Å²) in [6, 6.07) is 1.90. The monoisotopic (exact) mass is 205 g/mol. The van der Waals surface area contributed by atoms with Gasteiger partial charge in [0.25, 0.3) is 0 Å². The lowest BCUT2D eigenvalue weighted by Crippen LogP contribution is -2.37. The van der Waals surface area contributed by atoms with Crippen molar-refractivity contribution >= 4 is 5.69 Å². The van der Waals surface area contributed by atoms with Gasteiger partial charge in [-0.05, 0) is 31.9 Å². The Balaban J connectivity index is 2.36. The third-order valence-electron chi connectivity index (χ3n) is 3.29. The van der Waals surface area contributed by atoms with Crippen molar-refractivity contribution in [1.82, 2.24) is 10.3 Å². The van der Waals surface area contributed by atoms with Crippen molar-refractivity contribution < 1.29 is 0 Å². The minimum atomic E-state index is 0.0904. The van der Waals surface area contributed by atoms with E-state index in [2.05, 4.69) is 17.2 Å². The fourth-order valence-electron chi connectivity index (χ4n) is 2.62. The average Bonchev–Trinajstić information content (AvgIpc) is 2.69. The van der Waals surface area contributed by atoms with Gasteiger partial charge in [0.1, 0.15) is 0 Å². The second-order valence-corrected chi connectivity index (χ2v) is 4.33. The van der Waals surface area contributed by atoms with E-state index in [9.17, 15) is 0 Å². The predicted octanol–water partition coefficient (Wildman–Crippen LogP) is 2.04. The molecular formula is C12H19N3. The van der Waals surface area contributed by atoms with Crippen molar-refractivity contribution in [3.63, 3.8) is 0 Å². The Morgan fingerprint density at radius 3 is 3.07 bits per heavy atom. The Hall–Kier alpha value is -1.09. The van der Waals surface area contributed by atoms with Gasteiger partial charge in [-0.25, -0.2) is 0 Å². The van der Waals surface area contributed by atoms with E-state index in [0.29, 0.717) is 0 Å². The van der Waals surface area contributed by atoms with Crippen molar-refractivity contribution in [2.24, 2.45) is 0 Å². The number of hydrogen-bond acceptors (Lipinski definition) is 3. The zero-order valence-electron chi connectivity index (χ0n) is 9.29. The molecule has 0 aliphatic carbocycles. The minimum absolute atomic E-state index is 0.0904. The number of nitrogens with two attached hydrogens (primary N) is 1. The number of hydrogen-bond donors (Lipinski definition) is 2. The molecule has 0 amide bonds. The number of nitrogens with one attached hydrogen (secondary N) is 1. The van der Waals surface area contributed by atoms with Gasteiger partial charge in [-0.15, -0.1) is 0 Å². The van der Waals surface area contributed by atoms with E-state index in [0.717, 1.165) is 18.7 Å². The summed E-state index contributed by atoms with van der Waals surface area (Å²) < 4.78 is 0. The Kier molecular flexibility index (Phi) is 2.91. The molecule has 1 aromatic heterocycles.